The van der Waals surface area contributed by atoms with E-state index in [-0.39, 0.29) is 11.9 Å². The molecular formula is C9H11IN2OS2. The lowest BCUT2D eigenvalue weighted by molar-refractivity contribution is 0.0947. The van der Waals surface area contributed by atoms with Crippen molar-refractivity contribution >= 4 is 57.0 Å². The molecule has 0 bridgehead atoms. The third-order valence-corrected chi connectivity index (χ3v) is 3.96. The molecule has 1 heterocycles. The third-order valence-electron chi connectivity index (χ3n) is 1.89. The van der Waals surface area contributed by atoms with Gasteiger partial charge in [-0.2, -0.15) is 0 Å². The van der Waals surface area contributed by atoms with E-state index in [0.717, 1.165) is 2.88 Å². The lowest BCUT2D eigenvalue weighted by Gasteiger charge is -2.14. The first kappa shape index (κ1) is 12.9. The summed E-state index contributed by atoms with van der Waals surface area (Å²) in [7, 11) is 0. The summed E-state index contributed by atoms with van der Waals surface area (Å²) in [5.41, 5.74) is 6.16. The normalized spacial score (nSPS) is 12.1. The van der Waals surface area contributed by atoms with Crippen LogP contribution >= 0.6 is 46.1 Å². The van der Waals surface area contributed by atoms with Crippen LogP contribution in [0.2, 0.25) is 0 Å². The summed E-state index contributed by atoms with van der Waals surface area (Å²) in [6.07, 6.45) is 0.711. The summed E-state index contributed by atoms with van der Waals surface area (Å²) >= 11 is 8.57. The van der Waals surface area contributed by atoms with Crippen molar-refractivity contribution < 1.29 is 4.79 Å². The summed E-state index contributed by atoms with van der Waals surface area (Å²) in [5, 5.41) is 4.62. The fraction of sp³-hybridized carbons (Fsp3) is 0.333. The highest BCUT2D eigenvalue weighted by atomic mass is 127. The average molecular weight is 354 g/mol. The number of carbonyl (C=O) groups is 1. The molecule has 82 valence electrons. The van der Waals surface area contributed by atoms with Gasteiger partial charge in [-0.1, -0.05) is 19.1 Å². The second-order valence-corrected chi connectivity index (χ2v) is 6.25. The Morgan fingerprint density at radius 1 is 1.80 bits per heavy atom. The van der Waals surface area contributed by atoms with Crippen LogP contribution in [-0.2, 0) is 0 Å². The molecule has 1 amide bonds. The van der Waals surface area contributed by atoms with E-state index in [4.69, 9.17) is 18.0 Å². The largest absolute Gasteiger partial charge is 0.392 e. The number of hydrogen-bond donors (Lipinski definition) is 2. The number of hydrogen-bond acceptors (Lipinski definition) is 3. The van der Waals surface area contributed by atoms with E-state index in [1.807, 2.05) is 18.4 Å². The molecular weight excluding hydrogens is 343 g/mol. The van der Waals surface area contributed by atoms with Crippen LogP contribution in [0.15, 0.2) is 11.4 Å². The van der Waals surface area contributed by atoms with Gasteiger partial charge in [0, 0.05) is 5.38 Å². The van der Waals surface area contributed by atoms with Gasteiger partial charge in [0.05, 0.1) is 19.5 Å². The van der Waals surface area contributed by atoms with Gasteiger partial charge in [-0.05, 0) is 35.1 Å². The van der Waals surface area contributed by atoms with Gasteiger partial charge in [-0.15, -0.1) is 11.3 Å². The second kappa shape index (κ2) is 5.76. The molecule has 0 saturated heterocycles. The minimum absolute atomic E-state index is 0.117. The zero-order chi connectivity index (χ0) is 11.4. The smallest absolute Gasteiger partial charge is 0.252 e. The highest BCUT2D eigenvalue weighted by Crippen LogP contribution is 2.16. The van der Waals surface area contributed by atoms with Gasteiger partial charge in [0.25, 0.3) is 5.91 Å². The molecule has 1 aromatic rings. The molecule has 3 nitrogen and oxygen atoms in total. The van der Waals surface area contributed by atoms with Crippen molar-refractivity contribution in [3.63, 3.8) is 0 Å². The van der Waals surface area contributed by atoms with Crippen molar-refractivity contribution in [2.24, 2.45) is 5.73 Å². The first-order valence-corrected chi connectivity index (χ1v) is 6.75. The van der Waals surface area contributed by atoms with E-state index in [9.17, 15) is 4.79 Å². The van der Waals surface area contributed by atoms with Crippen LogP contribution in [-0.4, -0.2) is 16.9 Å². The van der Waals surface area contributed by atoms with Crippen LogP contribution in [0.4, 0.5) is 0 Å². The van der Waals surface area contributed by atoms with Gasteiger partial charge < -0.3 is 11.1 Å². The van der Waals surface area contributed by atoms with E-state index < -0.39 is 0 Å². The molecule has 1 aromatic heterocycles. The maximum absolute atomic E-state index is 11.7. The van der Waals surface area contributed by atoms with Crippen molar-refractivity contribution in [3.05, 3.63) is 19.9 Å². The summed E-state index contributed by atoms with van der Waals surface area (Å²) < 4.78 is 1.08. The van der Waals surface area contributed by atoms with Crippen molar-refractivity contribution in [2.75, 3.05) is 0 Å². The fourth-order valence-corrected chi connectivity index (χ4v) is 2.60. The maximum atomic E-state index is 11.7. The Morgan fingerprint density at radius 2 is 2.47 bits per heavy atom. The van der Waals surface area contributed by atoms with Crippen LogP contribution in [0.3, 0.4) is 0 Å². The molecule has 1 rings (SSSR count). The minimum Gasteiger partial charge on any atom is -0.392 e. The fourth-order valence-electron chi connectivity index (χ4n) is 1.05. The van der Waals surface area contributed by atoms with E-state index in [1.54, 1.807) is 0 Å². The zero-order valence-corrected chi connectivity index (χ0v) is 11.9. The monoisotopic (exact) mass is 354 g/mol. The molecule has 0 aromatic carbocycles. The Hall–Kier alpha value is -0.210. The molecule has 0 aliphatic carbocycles. The lowest BCUT2D eigenvalue weighted by atomic mass is 10.2. The zero-order valence-electron chi connectivity index (χ0n) is 8.12. The number of rotatable bonds is 4. The van der Waals surface area contributed by atoms with Crippen LogP contribution < -0.4 is 11.1 Å². The highest BCUT2D eigenvalue weighted by molar-refractivity contribution is 14.1. The molecule has 3 N–H and O–H groups in total. The second-order valence-electron chi connectivity index (χ2n) is 2.98. The Bertz CT molecular complexity index is 378. The SMILES string of the molecule is CCC(NC(=O)c1csc(I)c1)C(N)=S. The maximum Gasteiger partial charge on any atom is 0.252 e. The molecule has 0 spiro atoms. The Kier molecular flexibility index (Phi) is 4.94. The Labute approximate surface area is 112 Å². The van der Waals surface area contributed by atoms with Gasteiger partial charge in [-0.3, -0.25) is 4.79 Å². The first-order chi connectivity index (χ1) is 7.04. The number of halogens is 1. The molecule has 1 atom stereocenters. The van der Waals surface area contributed by atoms with E-state index >= 15 is 0 Å². The van der Waals surface area contributed by atoms with Gasteiger partial charge in [0.2, 0.25) is 0 Å². The number of amides is 1. The molecule has 1 unspecified atom stereocenters. The summed E-state index contributed by atoms with van der Waals surface area (Å²) in [4.78, 5) is 12.0. The predicted octanol–water partition coefficient (Wildman–Crippen LogP) is 2.15. The third kappa shape index (κ3) is 3.69. The standard InChI is InChI=1S/C9H11IN2OS2/c1-2-6(8(11)14)12-9(13)5-3-7(10)15-4-5/h3-4,6H,2H2,1H3,(H2,11,14)(H,12,13). The minimum atomic E-state index is -0.218. The van der Waals surface area contributed by atoms with E-state index in [0.29, 0.717) is 17.0 Å². The number of nitrogens with two attached hydrogens (primary N) is 1. The first-order valence-electron chi connectivity index (χ1n) is 4.38. The predicted molar refractivity (Wildman–Crippen MR) is 75.4 cm³/mol. The van der Waals surface area contributed by atoms with Crippen LogP contribution in [0.1, 0.15) is 23.7 Å². The summed E-state index contributed by atoms with van der Waals surface area (Å²) in [6.45, 7) is 1.93. The van der Waals surface area contributed by atoms with Crippen molar-refractivity contribution in [1.82, 2.24) is 5.32 Å². The van der Waals surface area contributed by atoms with Gasteiger partial charge in [0.1, 0.15) is 0 Å². The van der Waals surface area contributed by atoms with Crippen molar-refractivity contribution in [3.8, 4) is 0 Å². The van der Waals surface area contributed by atoms with Crippen LogP contribution in [0, 0.1) is 2.88 Å². The summed E-state index contributed by atoms with van der Waals surface area (Å²) in [6, 6.07) is 1.62. The topological polar surface area (TPSA) is 55.1 Å². The number of carbonyl (C=O) groups excluding carboxylic acids is 1. The van der Waals surface area contributed by atoms with E-state index in [1.165, 1.54) is 11.3 Å². The Balaban J connectivity index is 2.66. The Morgan fingerprint density at radius 3 is 2.87 bits per heavy atom. The highest BCUT2D eigenvalue weighted by Gasteiger charge is 2.14. The molecule has 6 heteroatoms. The molecule has 0 aliphatic rings. The number of thiocarbonyl (C=S) groups is 1. The van der Waals surface area contributed by atoms with Crippen molar-refractivity contribution in [1.29, 1.82) is 0 Å². The van der Waals surface area contributed by atoms with Crippen molar-refractivity contribution in [2.45, 2.75) is 19.4 Å². The lowest BCUT2D eigenvalue weighted by Crippen LogP contribution is -2.42. The quantitative estimate of drug-likeness (QED) is 0.644. The van der Waals surface area contributed by atoms with Gasteiger partial charge >= 0.3 is 0 Å². The number of nitrogens with one attached hydrogen (secondary N) is 1. The molecule has 0 fully saturated rings. The number of thiophene rings is 1. The van der Waals surface area contributed by atoms with E-state index in [2.05, 4.69) is 27.9 Å². The molecule has 0 saturated carbocycles. The molecule has 0 radical (unpaired) electrons. The van der Waals surface area contributed by atoms with Crippen LogP contribution in [0.5, 0.6) is 0 Å². The van der Waals surface area contributed by atoms with Crippen LogP contribution in [0.25, 0.3) is 0 Å². The summed E-state index contributed by atoms with van der Waals surface area (Å²) in [5.74, 6) is -0.117. The molecule has 15 heavy (non-hydrogen) atoms. The average Bonchev–Trinajstić information content (AvgIpc) is 2.60. The van der Waals surface area contributed by atoms with Gasteiger partial charge in [-0.25, -0.2) is 0 Å². The van der Waals surface area contributed by atoms with Gasteiger partial charge in [0.15, 0.2) is 0 Å². The molecule has 0 aliphatic heterocycles.